The SMILES string of the molecule is CCC(C)N(CC(=O)N(Cc1ccccc1)Cc1cccs1)C(=O)c1c(OC)cccc1OC. The second kappa shape index (κ2) is 12.2. The maximum absolute atomic E-state index is 13.7. The summed E-state index contributed by atoms with van der Waals surface area (Å²) in [7, 11) is 3.04. The molecule has 1 atom stereocenters. The summed E-state index contributed by atoms with van der Waals surface area (Å²) in [5, 5.41) is 2.00. The molecule has 0 bridgehead atoms. The van der Waals surface area contributed by atoms with E-state index in [0.29, 0.717) is 36.6 Å². The van der Waals surface area contributed by atoms with Gasteiger partial charge in [0, 0.05) is 17.5 Å². The van der Waals surface area contributed by atoms with E-state index >= 15 is 0 Å². The molecule has 0 spiro atoms. The molecule has 0 aliphatic heterocycles. The van der Waals surface area contributed by atoms with Crippen molar-refractivity contribution in [2.24, 2.45) is 0 Å². The van der Waals surface area contributed by atoms with Crippen molar-refractivity contribution in [3.63, 3.8) is 0 Å². The molecule has 34 heavy (non-hydrogen) atoms. The fourth-order valence-electron chi connectivity index (χ4n) is 3.73. The van der Waals surface area contributed by atoms with Crippen LogP contribution in [-0.2, 0) is 17.9 Å². The Kier molecular flexibility index (Phi) is 9.10. The summed E-state index contributed by atoms with van der Waals surface area (Å²) in [4.78, 5) is 31.9. The third-order valence-corrected chi connectivity index (χ3v) is 6.69. The minimum absolute atomic E-state index is 0.0345. The molecule has 7 heteroatoms. The highest BCUT2D eigenvalue weighted by molar-refractivity contribution is 7.09. The Labute approximate surface area is 205 Å². The largest absolute Gasteiger partial charge is 0.496 e. The highest BCUT2D eigenvalue weighted by Gasteiger charge is 2.30. The number of amides is 2. The number of thiophene rings is 1. The van der Waals surface area contributed by atoms with Gasteiger partial charge < -0.3 is 19.3 Å². The lowest BCUT2D eigenvalue weighted by Gasteiger charge is -2.32. The van der Waals surface area contributed by atoms with Gasteiger partial charge in [-0.15, -0.1) is 11.3 Å². The Morgan fingerprint density at radius 1 is 0.912 bits per heavy atom. The van der Waals surface area contributed by atoms with E-state index in [-0.39, 0.29) is 24.4 Å². The van der Waals surface area contributed by atoms with E-state index in [1.807, 2.05) is 66.6 Å². The minimum atomic E-state index is -0.284. The maximum atomic E-state index is 13.7. The average molecular weight is 481 g/mol. The third kappa shape index (κ3) is 6.17. The van der Waals surface area contributed by atoms with Crippen molar-refractivity contribution in [3.8, 4) is 11.5 Å². The quantitative estimate of drug-likeness (QED) is 0.377. The number of carbonyl (C=O) groups is 2. The molecule has 1 aromatic heterocycles. The number of methoxy groups -OCH3 is 2. The second-order valence-corrected chi connectivity index (χ2v) is 9.07. The zero-order chi connectivity index (χ0) is 24.5. The van der Waals surface area contributed by atoms with Crippen molar-refractivity contribution in [1.29, 1.82) is 0 Å². The summed E-state index contributed by atoms with van der Waals surface area (Å²) in [5.74, 6) is 0.446. The predicted octanol–water partition coefficient (Wildman–Crippen LogP) is 5.24. The molecule has 0 aliphatic carbocycles. The zero-order valence-corrected chi connectivity index (χ0v) is 21.0. The first kappa shape index (κ1) is 25.3. The van der Waals surface area contributed by atoms with Gasteiger partial charge in [-0.05, 0) is 42.5 Å². The molecule has 0 aliphatic rings. The lowest BCUT2D eigenvalue weighted by Crippen LogP contribution is -2.46. The van der Waals surface area contributed by atoms with E-state index in [0.717, 1.165) is 10.4 Å². The summed E-state index contributed by atoms with van der Waals surface area (Å²) in [6.07, 6.45) is 0.708. The van der Waals surface area contributed by atoms with E-state index in [1.54, 1.807) is 34.4 Å². The first-order chi connectivity index (χ1) is 16.5. The highest BCUT2D eigenvalue weighted by Crippen LogP contribution is 2.30. The monoisotopic (exact) mass is 480 g/mol. The van der Waals surface area contributed by atoms with Crippen LogP contribution in [0.2, 0.25) is 0 Å². The van der Waals surface area contributed by atoms with Gasteiger partial charge in [-0.1, -0.05) is 49.4 Å². The summed E-state index contributed by atoms with van der Waals surface area (Å²) in [5.41, 5.74) is 1.37. The number of carbonyl (C=O) groups excluding carboxylic acids is 2. The predicted molar refractivity (Wildman–Crippen MR) is 135 cm³/mol. The van der Waals surface area contributed by atoms with Crippen molar-refractivity contribution in [2.75, 3.05) is 20.8 Å². The fraction of sp³-hybridized carbons (Fsp3) is 0.333. The Balaban J connectivity index is 1.90. The second-order valence-electron chi connectivity index (χ2n) is 8.04. The van der Waals surface area contributed by atoms with Crippen LogP contribution in [0, 0.1) is 0 Å². The Morgan fingerprint density at radius 2 is 1.59 bits per heavy atom. The summed E-state index contributed by atoms with van der Waals surface area (Å²) < 4.78 is 10.9. The van der Waals surface area contributed by atoms with Crippen LogP contribution in [-0.4, -0.2) is 48.4 Å². The molecule has 1 heterocycles. The molecule has 0 saturated heterocycles. The van der Waals surface area contributed by atoms with Crippen LogP contribution in [0.1, 0.15) is 41.1 Å². The summed E-state index contributed by atoms with van der Waals surface area (Å²) in [6.45, 7) is 4.88. The Bertz CT molecular complexity index is 1050. The Hall–Kier alpha value is -3.32. The summed E-state index contributed by atoms with van der Waals surface area (Å²) >= 11 is 1.61. The van der Waals surface area contributed by atoms with E-state index in [4.69, 9.17) is 9.47 Å². The van der Waals surface area contributed by atoms with Crippen LogP contribution in [0.25, 0.3) is 0 Å². The van der Waals surface area contributed by atoms with Crippen LogP contribution in [0.5, 0.6) is 11.5 Å². The zero-order valence-electron chi connectivity index (χ0n) is 20.2. The molecule has 0 fully saturated rings. The van der Waals surface area contributed by atoms with Gasteiger partial charge in [0.15, 0.2) is 0 Å². The van der Waals surface area contributed by atoms with Gasteiger partial charge in [0.2, 0.25) is 5.91 Å². The van der Waals surface area contributed by atoms with E-state index in [9.17, 15) is 9.59 Å². The van der Waals surface area contributed by atoms with Gasteiger partial charge in [0.1, 0.15) is 23.6 Å². The molecular weight excluding hydrogens is 448 g/mol. The van der Waals surface area contributed by atoms with Gasteiger partial charge in [-0.3, -0.25) is 9.59 Å². The number of ether oxygens (including phenoxy) is 2. The van der Waals surface area contributed by atoms with Crippen LogP contribution in [0.4, 0.5) is 0 Å². The number of nitrogens with zero attached hydrogens (tertiary/aromatic N) is 2. The van der Waals surface area contributed by atoms with Crippen molar-refractivity contribution in [1.82, 2.24) is 9.80 Å². The highest BCUT2D eigenvalue weighted by atomic mass is 32.1. The Morgan fingerprint density at radius 3 is 2.15 bits per heavy atom. The van der Waals surface area contributed by atoms with Crippen LogP contribution >= 0.6 is 11.3 Å². The molecular formula is C27H32N2O4S. The molecule has 3 aromatic rings. The third-order valence-electron chi connectivity index (χ3n) is 5.83. The molecule has 6 nitrogen and oxygen atoms in total. The molecule has 2 aromatic carbocycles. The summed E-state index contributed by atoms with van der Waals surface area (Å²) in [6, 6.07) is 19.0. The molecule has 0 N–H and O–H groups in total. The smallest absolute Gasteiger partial charge is 0.262 e. The fourth-order valence-corrected chi connectivity index (χ4v) is 4.45. The van der Waals surface area contributed by atoms with Crippen LogP contribution in [0.15, 0.2) is 66.0 Å². The van der Waals surface area contributed by atoms with E-state index < -0.39 is 0 Å². The topological polar surface area (TPSA) is 59.1 Å². The number of rotatable bonds is 11. The first-order valence-electron chi connectivity index (χ1n) is 11.3. The minimum Gasteiger partial charge on any atom is -0.496 e. The normalized spacial score (nSPS) is 11.5. The van der Waals surface area contributed by atoms with Crippen molar-refractivity contribution in [2.45, 2.75) is 39.4 Å². The van der Waals surface area contributed by atoms with Crippen LogP contribution in [0.3, 0.4) is 0 Å². The number of hydrogen-bond donors (Lipinski definition) is 0. The number of hydrogen-bond acceptors (Lipinski definition) is 5. The standard InChI is InChI=1S/C27H32N2O4S/c1-5-20(2)29(27(31)26-23(32-3)14-9-15-24(26)33-4)19-25(30)28(18-22-13-10-16-34-22)17-21-11-7-6-8-12-21/h6-16,20H,5,17-19H2,1-4H3. The first-order valence-corrected chi connectivity index (χ1v) is 12.2. The van der Waals surface area contributed by atoms with E-state index in [1.165, 1.54) is 14.2 Å². The molecule has 0 saturated carbocycles. The molecule has 3 rings (SSSR count). The van der Waals surface area contributed by atoms with E-state index in [2.05, 4.69) is 0 Å². The van der Waals surface area contributed by atoms with Crippen molar-refractivity contribution < 1.29 is 19.1 Å². The lowest BCUT2D eigenvalue weighted by atomic mass is 10.1. The van der Waals surface area contributed by atoms with Gasteiger partial charge >= 0.3 is 0 Å². The van der Waals surface area contributed by atoms with Gasteiger partial charge in [-0.25, -0.2) is 0 Å². The van der Waals surface area contributed by atoms with Crippen molar-refractivity contribution >= 4 is 23.2 Å². The van der Waals surface area contributed by atoms with Gasteiger partial charge in [0.05, 0.1) is 20.8 Å². The molecule has 2 amide bonds. The van der Waals surface area contributed by atoms with Gasteiger partial charge in [-0.2, -0.15) is 0 Å². The molecule has 180 valence electrons. The number of benzene rings is 2. The van der Waals surface area contributed by atoms with Crippen LogP contribution < -0.4 is 9.47 Å². The molecule has 0 radical (unpaired) electrons. The lowest BCUT2D eigenvalue weighted by molar-refractivity contribution is -0.133. The van der Waals surface area contributed by atoms with Crippen molar-refractivity contribution in [3.05, 3.63) is 82.0 Å². The molecule has 1 unspecified atom stereocenters. The average Bonchev–Trinajstić information content (AvgIpc) is 3.39. The van der Waals surface area contributed by atoms with Gasteiger partial charge in [0.25, 0.3) is 5.91 Å². The maximum Gasteiger partial charge on any atom is 0.262 e.